The molecule has 2 aromatic rings. The number of aromatic nitrogens is 2. The fourth-order valence-electron chi connectivity index (χ4n) is 2.94. The van der Waals surface area contributed by atoms with Crippen molar-refractivity contribution < 1.29 is 9.26 Å². The number of rotatable bonds is 3. The van der Waals surface area contributed by atoms with Crippen LogP contribution < -0.4 is 10.5 Å². The quantitative estimate of drug-likeness (QED) is 0.939. The Balaban J connectivity index is 1.91. The van der Waals surface area contributed by atoms with Crippen molar-refractivity contribution in [1.29, 1.82) is 0 Å². The van der Waals surface area contributed by atoms with Crippen molar-refractivity contribution in [3.8, 4) is 17.1 Å². The summed E-state index contributed by atoms with van der Waals surface area (Å²) in [6, 6.07) is 6.06. The number of ether oxygens (including phenoxy) is 1. The zero-order valence-corrected chi connectivity index (χ0v) is 12.5. The molecule has 1 aromatic carbocycles. The Hall–Kier alpha value is -1.88. The Bertz CT molecular complexity index is 624. The van der Waals surface area contributed by atoms with E-state index in [9.17, 15) is 0 Å². The maximum Gasteiger partial charge on any atom is 0.231 e. The third-order valence-electron chi connectivity index (χ3n) is 4.18. The molecule has 0 bridgehead atoms. The molecule has 0 aliphatic heterocycles. The second kappa shape index (κ2) is 5.85. The summed E-state index contributed by atoms with van der Waals surface area (Å²) in [4.78, 5) is 4.56. The van der Waals surface area contributed by atoms with Crippen molar-refractivity contribution in [2.24, 2.45) is 5.73 Å². The van der Waals surface area contributed by atoms with Crippen molar-refractivity contribution in [3.05, 3.63) is 29.7 Å². The molecular formula is C16H21N3O2. The Labute approximate surface area is 124 Å². The van der Waals surface area contributed by atoms with Crippen LogP contribution in [0.15, 0.2) is 22.7 Å². The number of benzene rings is 1. The van der Waals surface area contributed by atoms with Gasteiger partial charge in [-0.2, -0.15) is 4.98 Å². The zero-order valence-electron chi connectivity index (χ0n) is 12.5. The van der Waals surface area contributed by atoms with Crippen LogP contribution in [0.5, 0.6) is 5.75 Å². The molecule has 1 saturated carbocycles. The standard InChI is InChI=1S/C16H21N3O2/c1-10-7-8-12(14(9-10)20-2)15-18-16(21-19-15)11-5-3-4-6-13(11)17/h7-9,11,13H,3-6,17H2,1-2H3. The van der Waals surface area contributed by atoms with Gasteiger partial charge in [-0.15, -0.1) is 0 Å². The Morgan fingerprint density at radius 1 is 1.29 bits per heavy atom. The topological polar surface area (TPSA) is 74.2 Å². The van der Waals surface area contributed by atoms with Gasteiger partial charge in [0.15, 0.2) is 0 Å². The van der Waals surface area contributed by atoms with Gasteiger partial charge >= 0.3 is 0 Å². The molecule has 1 fully saturated rings. The molecule has 0 amide bonds. The number of nitrogens with zero attached hydrogens (tertiary/aromatic N) is 2. The van der Waals surface area contributed by atoms with E-state index in [1.165, 1.54) is 12.8 Å². The molecule has 112 valence electrons. The summed E-state index contributed by atoms with van der Waals surface area (Å²) < 4.78 is 10.9. The highest BCUT2D eigenvalue weighted by molar-refractivity contribution is 5.64. The van der Waals surface area contributed by atoms with Crippen LogP contribution in [0.25, 0.3) is 11.4 Å². The highest BCUT2D eigenvalue weighted by atomic mass is 16.5. The van der Waals surface area contributed by atoms with Gasteiger partial charge in [-0.05, 0) is 37.5 Å². The van der Waals surface area contributed by atoms with Gasteiger partial charge in [-0.25, -0.2) is 0 Å². The zero-order chi connectivity index (χ0) is 14.8. The van der Waals surface area contributed by atoms with Gasteiger partial charge in [0.25, 0.3) is 0 Å². The molecule has 2 atom stereocenters. The van der Waals surface area contributed by atoms with Gasteiger partial charge in [0.05, 0.1) is 18.6 Å². The monoisotopic (exact) mass is 287 g/mol. The van der Waals surface area contributed by atoms with Crippen molar-refractivity contribution in [2.45, 2.75) is 44.6 Å². The predicted octanol–water partition coefficient (Wildman–Crippen LogP) is 3.04. The molecule has 21 heavy (non-hydrogen) atoms. The van der Waals surface area contributed by atoms with Gasteiger partial charge < -0.3 is 15.0 Å². The second-order valence-electron chi connectivity index (χ2n) is 5.71. The van der Waals surface area contributed by atoms with Crippen LogP contribution in [-0.4, -0.2) is 23.3 Å². The molecule has 1 aromatic heterocycles. The van der Waals surface area contributed by atoms with E-state index in [0.29, 0.717) is 11.7 Å². The average molecular weight is 287 g/mol. The smallest absolute Gasteiger partial charge is 0.231 e. The Kier molecular flexibility index (Phi) is 3.92. The SMILES string of the molecule is COc1cc(C)ccc1-c1noc(C2CCCCC2N)n1. The van der Waals surface area contributed by atoms with Crippen LogP contribution in [0.1, 0.15) is 43.1 Å². The lowest BCUT2D eigenvalue weighted by Gasteiger charge is -2.25. The average Bonchev–Trinajstić information content (AvgIpc) is 2.97. The van der Waals surface area contributed by atoms with E-state index >= 15 is 0 Å². The molecular weight excluding hydrogens is 266 g/mol. The fourth-order valence-corrected chi connectivity index (χ4v) is 2.94. The second-order valence-corrected chi connectivity index (χ2v) is 5.71. The first-order valence-corrected chi connectivity index (χ1v) is 7.43. The van der Waals surface area contributed by atoms with Gasteiger partial charge in [0, 0.05) is 6.04 Å². The number of hydrogen-bond acceptors (Lipinski definition) is 5. The fraction of sp³-hybridized carbons (Fsp3) is 0.500. The largest absolute Gasteiger partial charge is 0.496 e. The normalized spacial score (nSPS) is 22.2. The maximum absolute atomic E-state index is 6.18. The van der Waals surface area contributed by atoms with Crippen LogP contribution in [-0.2, 0) is 0 Å². The first-order valence-electron chi connectivity index (χ1n) is 7.43. The molecule has 0 radical (unpaired) electrons. The van der Waals surface area contributed by atoms with Gasteiger partial charge in [0.1, 0.15) is 5.75 Å². The number of methoxy groups -OCH3 is 1. The summed E-state index contributed by atoms with van der Waals surface area (Å²) in [6.07, 6.45) is 4.40. The highest BCUT2D eigenvalue weighted by Gasteiger charge is 2.28. The third-order valence-corrected chi connectivity index (χ3v) is 4.18. The number of nitrogens with two attached hydrogens (primary N) is 1. The lowest BCUT2D eigenvalue weighted by molar-refractivity contribution is 0.290. The van der Waals surface area contributed by atoms with Crippen molar-refractivity contribution in [3.63, 3.8) is 0 Å². The summed E-state index contributed by atoms with van der Waals surface area (Å²) >= 11 is 0. The molecule has 5 heteroatoms. The van der Waals surface area contributed by atoms with Crippen LogP contribution in [0.3, 0.4) is 0 Å². The van der Waals surface area contributed by atoms with E-state index in [2.05, 4.69) is 10.1 Å². The lowest BCUT2D eigenvalue weighted by atomic mass is 9.85. The first kappa shape index (κ1) is 14.1. The third kappa shape index (κ3) is 2.78. The summed E-state index contributed by atoms with van der Waals surface area (Å²) in [6.45, 7) is 2.02. The molecule has 0 spiro atoms. The first-order chi connectivity index (χ1) is 10.2. The number of hydrogen-bond donors (Lipinski definition) is 1. The van der Waals surface area contributed by atoms with E-state index in [1.807, 2.05) is 25.1 Å². The molecule has 3 rings (SSSR count). The minimum Gasteiger partial charge on any atom is -0.496 e. The molecule has 1 aliphatic carbocycles. The molecule has 2 unspecified atom stereocenters. The van der Waals surface area contributed by atoms with Gasteiger partial charge in [0.2, 0.25) is 11.7 Å². The molecule has 1 aliphatic rings. The molecule has 1 heterocycles. The van der Waals surface area contributed by atoms with E-state index in [4.69, 9.17) is 15.0 Å². The summed E-state index contributed by atoms with van der Waals surface area (Å²) in [5.41, 5.74) is 8.16. The lowest BCUT2D eigenvalue weighted by Crippen LogP contribution is -2.31. The van der Waals surface area contributed by atoms with Crippen LogP contribution >= 0.6 is 0 Å². The van der Waals surface area contributed by atoms with E-state index in [1.54, 1.807) is 7.11 Å². The van der Waals surface area contributed by atoms with Crippen LogP contribution in [0.2, 0.25) is 0 Å². The number of aryl methyl sites for hydroxylation is 1. The van der Waals surface area contributed by atoms with Gasteiger partial charge in [-0.3, -0.25) is 0 Å². The summed E-state index contributed by atoms with van der Waals surface area (Å²) in [5, 5.41) is 4.11. The minimum absolute atomic E-state index is 0.118. The van der Waals surface area contributed by atoms with E-state index < -0.39 is 0 Å². The summed E-state index contributed by atoms with van der Waals surface area (Å²) in [5.74, 6) is 2.16. The minimum atomic E-state index is 0.118. The van der Waals surface area contributed by atoms with E-state index in [-0.39, 0.29) is 12.0 Å². The van der Waals surface area contributed by atoms with Crippen molar-refractivity contribution in [2.75, 3.05) is 7.11 Å². The van der Waals surface area contributed by atoms with Gasteiger partial charge in [-0.1, -0.05) is 24.1 Å². The molecule has 5 nitrogen and oxygen atoms in total. The Morgan fingerprint density at radius 2 is 2.10 bits per heavy atom. The molecule has 2 N–H and O–H groups in total. The van der Waals surface area contributed by atoms with Crippen LogP contribution in [0.4, 0.5) is 0 Å². The molecule has 0 saturated heterocycles. The van der Waals surface area contributed by atoms with Crippen LogP contribution in [0, 0.1) is 6.92 Å². The highest BCUT2D eigenvalue weighted by Crippen LogP contribution is 2.34. The predicted molar refractivity (Wildman–Crippen MR) is 80.2 cm³/mol. The van der Waals surface area contributed by atoms with Crippen molar-refractivity contribution >= 4 is 0 Å². The Morgan fingerprint density at radius 3 is 2.86 bits per heavy atom. The van der Waals surface area contributed by atoms with E-state index in [0.717, 1.165) is 29.7 Å². The summed E-state index contributed by atoms with van der Waals surface area (Å²) in [7, 11) is 1.65. The maximum atomic E-state index is 6.18. The van der Waals surface area contributed by atoms with Crippen molar-refractivity contribution in [1.82, 2.24) is 10.1 Å².